The van der Waals surface area contributed by atoms with E-state index in [2.05, 4.69) is 22.1 Å². The normalized spacial score (nSPS) is 23.2. The minimum atomic E-state index is 0.0381. The molecule has 2 amide bonds. The van der Waals surface area contributed by atoms with Crippen LogP contribution in [0.2, 0.25) is 0 Å². The third-order valence-corrected chi connectivity index (χ3v) is 5.40. The smallest absolute Gasteiger partial charge is 0.318 e. The van der Waals surface area contributed by atoms with Crippen molar-refractivity contribution < 1.29 is 9.53 Å². The zero-order valence-electron chi connectivity index (χ0n) is 12.9. The van der Waals surface area contributed by atoms with Gasteiger partial charge in [0, 0.05) is 18.5 Å². The molecule has 0 bridgehead atoms. The fourth-order valence-electron chi connectivity index (χ4n) is 3.54. The second kappa shape index (κ2) is 6.24. The summed E-state index contributed by atoms with van der Waals surface area (Å²) in [4.78, 5) is 14.8. The molecule has 1 aromatic carbocycles. The third kappa shape index (κ3) is 2.81. The van der Waals surface area contributed by atoms with Crippen molar-refractivity contribution in [3.8, 4) is 5.75 Å². The van der Waals surface area contributed by atoms with Crippen LogP contribution in [0, 0.1) is 0 Å². The molecule has 1 fully saturated rings. The number of ether oxygens (including phenoxy) is 1. The van der Waals surface area contributed by atoms with E-state index in [0.29, 0.717) is 6.61 Å². The Balaban J connectivity index is 1.50. The number of urea groups is 1. The minimum Gasteiger partial charge on any atom is -0.493 e. The molecule has 2 aliphatic heterocycles. The largest absolute Gasteiger partial charge is 0.493 e. The highest BCUT2D eigenvalue weighted by molar-refractivity contribution is 7.07. The average molecular weight is 328 g/mol. The van der Waals surface area contributed by atoms with Gasteiger partial charge in [0.05, 0.1) is 18.7 Å². The summed E-state index contributed by atoms with van der Waals surface area (Å²) in [6.07, 6.45) is 2.94. The fraction of sp³-hybridized carbons (Fsp3) is 0.389. The number of fused-ring (bicyclic) bond motifs is 1. The number of nitrogens with one attached hydrogen (secondary N) is 1. The molecule has 1 saturated heterocycles. The van der Waals surface area contributed by atoms with E-state index in [1.807, 2.05) is 29.2 Å². The summed E-state index contributed by atoms with van der Waals surface area (Å²) in [5.41, 5.74) is 2.34. The van der Waals surface area contributed by atoms with Crippen molar-refractivity contribution >= 4 is 17.4 Å². The topological polar surface area (TPSA) is 41.6 Å². The summed E-state index contributed by atoms with van der Waals surface area (Å²) >= 11 is 1.69. The molecule has 2 unspecified atom stereocenters. The van der Waals surface area contributed by atoms with Gasteiger partial charge in [-0.3, -0.25) is 0 Å². The second-order valence-electron chi connectivity index (χ2n) is 6.09. The van der Waals surface area contributed by atoms with Crippen LogP contribution in [0.3, 0.4) is 0 Å². The number of nitrogens with zero attached hydrogens (tertiary/aromatic N) is 1. The highest BCUT2D eigenvalue weighted by Gasteiger charge is 2.32. The van der Waals surface area contributed by atoms with Gasteiger partial charge in [-0.1, -0.05) is 18.2 Å². The quantitative estimate of drug-likeness (QED) is 0.901. The van der Waals surface area contributed by atoms with Gasteiger partial charge in [-0.05, 0) is 41.3 Å². The number of para-hydroxylation sites is 1. The van der Waals surface area contributed by atoms with Crippen LogP contribution in [0.1, 0.15) is 42.5 Å². The van der Waals surface area contributed by atoms with E-state index >= 15 is 0 Å². The number of rotatable bonds is 2. The molecule has 1 aromatic heterocycles. The van der Waals surface area contributed by atoms with Crippen LogP contribution in [0.15, 0.2) is 41.1 Å². The number of hydrogen-bond acceptors (Lipinski definition) is 3. The first-order valence-corrected chi connectivity index (χ1v) is 9.08. The molecule has 0 saturated carbocycles. The van der Waals surface area contributed by atoms with Crippen molar-refractivity contribution in [3.05, 3.63) is 52.2 Å². The van der Waals surface area contributed by atoms with E-state index in [1.54, 1.807) is 11.3 Å². The molecular formula is C18H20N2O2S. The first-order valence-electron chi connectivity index (χ1n) is 8.14. The van der Waals surface area contributed by atoms with Gasteiger partial charge < -0.3 is 15.0 Å². The summed E-state index contributed by atoms with van der Waals surface area (Å²) in [5.74, 6) is 0.889. The fourth-order valence-corrected chi connectivity index (χ4v) is 4.25. The van der Waals surface area contributed by atoms with Crippen LogP contribution in [0.4, 0.5) is 4.79 Å². The minimum absolute atomic E-state index is 0.0381. The van der Waals surface area contributed by atoms with E-state index in [-0.39, 0.29) is 18.1 Å². The number of benzene rings is 1. The molecule has 2 aliphatic rings. The van der Waals surface area contributed by atoms with Crippen molar-refractivity contribution in [1.29, 1.82) is 0 Å². The van der Waals surface area contributed by atoms with Crippen molar-refractivity contribution in [1.82, 2.24) is 10.2 Å². The van der Waals surface area contributed by atoms with Gasteiger partial charge >= 0.3 is 6.03 Å². The highest BCUT2D eigenvalue weighted by Crippen LogP contribution is 2.35. The molecule has 3 heterocycles. The van der Waals surface area contributed by atoms with E-state index in [9.17, 15) is 4.79 Å². The molecule has 4 nitrogen and oxygen atoms in total. The number of hydrogen-bond donors (Lipinski definition) is 1. The number of likely N-dealkylation sites (tertiary alicyclic amines) is 1. The van der Waals surface area contributed by atoms with Crippen molar-refractivity contribution in [3.63, 3.8) is 0 Å². The molecule has 120 valence electrons. The van der Waals surface area contributed by atoms with Crippen LogP contribution in [0.5, 0.6) is 5.75 Å². The molecule has 5 heteroatoms. The zero-order valence-corrected chi connectivity index (χ0v) is 13.7. The summed E-state index contributed by atoms with van der Waals surface area (Å²) in [6, 6.07) is 10.4. The van der Waals surface area contributed by atoms with Gasteiger partial charge in [0.2, 0.25) is 0 Å². The molecular weight excluding hydrogens is 308 g/mol. The van der Waals surface area contributed by atoms with Crippen LogP contribution in [-0.2, 0) is 0 Å². The predicted molar refractivity (Wildman–Crippen MR) is 90.8 cm³/mol. The molecule has 2 aromatic rings. The zero-order chi connectivity index (χ0) is 15.6. The molecule has 2 atom stereocenters. The molecule has 0 aliphatic carbocycles. The van der Waals surface area contributed by atoms with E-state index in [1.165, 1.54) is 5.56 Å². The van der Waals surface area contributed by atoms with Gasteiger partial charge in [-0.25, -0.2) is 4.79 Å². The van der Waals surface area contributed by atoms with Crippen LogP contribution >= 0.6 is 11.3 Å². The predicted octanol–water partition coefficient (Wildman–Crippen LogP) is 4.12. The third-order valence-electron chi connectivity index (χ3n) is 4.70. The van der Waals surface area contributed by atoms with Gasteiger partial charge in [0.1, 0.15) is 5.75 Å². The molecule has 4 rings (SSSR count). The Labute approximate surface area is 140 Å². The monoisotopic (exact) mass is 328 g/mol. The second-order valence-corrected chi connectivity index (χ2v) is 6.87. The Morgan fingerprint density at radius 3 is 3.04 bits per heavy atom. The standard InChI is InChI=1S/C18H20N2O2S/c21-18(20-9-3-5-16(20)13-8-11-23-12-13)19-15-7-10-22-17-6-2-1-4-14(15)17/h1-2,4,6,8,11-12,15-16H,3,5,7,9-10H2,(H,19,21). The Morgan fingerprint density at radius 2 is 2.17 bits per heavy atom. The van der Waals surface area contributed by atoms with Gasteiger partial charge in [-0.2, -0.15) is 11.3 Å². The van der Waals surface area contributed by atoms with Crippen LogP contribution in [-0.4, -0.2) is 24.1 Å². The Bertz CT molecular complexity index is 686. The lowest BCUT2D eigenvalue weighted by atomic mass is 10.0. The Morgan fingerprint density at radius 1 is 1.26 bits per heavy atom. The molecule has 1 N–H and O–H groups in total. The van der Waals surface area contributed by atoms with Crippen LogP contribution < -0.4 is 10.1 Å². The summed E-state index contributed by atoms with van der Waals surface area (Å²) < 4.78 is 5.68. The Hall–Kier alpha value is -2.01. The van der Waals surface area contributed by atoms with E-state index in [4.69, 9.17) is 4.74 Å². The SMILES string of the molecule is O=C(NC1CCOc2ccccc21)N1CCCC1c1ccsc1. The average Bonchev–Trinajstić information content (AvgIpc) is 3.26. The summed E-state index contributed by atoms with van der Waals surface area (Å²) in [6.45, 7) is 1.48. The highest BCUT2D eigenvalue weighted by atomic mass is 32.1. The van der Waals surface area contributed by atoms with Crippen molar-refractivity contribution in [2.45, 2.75) is 31.3 Å². The maximum Gasteiger partial charge on any atom is 0.318 e. The number of amides is 2. The summed E-state index contributed by atoms with van der Waals surface area (Å²) in [7, 11) is 0. The lowest BCUT2D eigenvalue weighted by molar-refractivity contribution is 0.182. The molecule has 23 heavy (non-hydrogen) atoms. The van der Waals surface area contributed by atoms with E-state index < -0.39 is 0 Å². The number of thiophene rings is 1. The number of carbonyl (C=O) groups excluding carboxylic acids is 1. The lowest BCUT2D eigenvalue weighted by Gasteiger charge is -2.30. The van der Waals surface area contributed by atoms with E-state index in [0.717, 1.165) is 37.1 Å². The lowest BCUT2D eigenvalue weighted by Crippen LogP contribution is -2.42. The van der Waals surface area contributed by atoms with Gasteiger partial charge in [-0.15, -0.1) is 0 Å². The molecule has 0 radical (unpaired) electrons. The summed E-state index contributed by atoms with van der Waals surface area (Å²) in [5, 5.41) is 7.45. The first kappa shape index (κ1) is 14.6. The Kier molecular flexibility index (Phi) is 3.95. The van der Waals surface area contributed by atoms with Crippen LogP contribution in [0.25, 0.3) is 0 Å². The van der Waals surface area contributed by atoms with Crippen molar-refractivity contribution in [2.24, 2.45) is 0 Å². The maximum absolute atomic E-state index is 12.8. The maximum atomic E-state index is 12.8. The van der Waals surface area contributed by atoms with Crippen molar-refractivity contribution in [2.75, 3.05) is 13.2 Å². The molecule has 0 spiro atoms. The van der Waals surface area contributed by atoms with Gasteiger partial charge in [0.15, 0.2) is 0 Å². The first-order chi connectivity index (χ1) is 11.3. The number of carbonyl (C=O) groups is 1. The van der Waals surface area contributed by atoms with Gasteiger partial charge in [0.25, 0.3) is 0 Å².